The van der Waals surface area contributed by atoms with Gasteiger partial charge in [0.15, 0.2) is 0 Å². The molecule has 2 amide bonds. The smallest absolute Gasteiger partial charge is 0.238 e. The quantitative estimate of drug-likeness (QED) is 0.714. The summed E-state index contributed by atoms with van der Waals surface area (Å²) < 4.78 is 10.9. The third kappa shape index (κ3) is 2.37. The number of rotatable bonds is 4. The minimum absolute atomic E-state index is 0.00402. The highest BCUT2D eigenvalue weighted by Gasteiger charge is 2.70. The summed E-state index contributed by atoms with van der Waals surface area (Å²) in [6.45, 7) is 0. The van der Waals surface area contributed by atoms with Gasteiger partial charge in [-0.2, -0.15) is 0 Å². The molecule has 4 aliphatic rings. The fourth-order valence-electron chi connectivity index (χ4n) is 6.19. The zero-order chi connectivity index (χ0) is 21.3. The van der Waals surface area contributed by atoms with E-state index < -0.39 is 0 Å². The fourth-order valence-corrected chi connectivity index (χ4v) is 6.19. The zero-order valence-corrected chi connectivity index (χ0v) is 17.2. The van der Waals surface area contributed by atoms with Crippen molar-refractivity contribution in [1.82, 2.24) is 0 Å². The number of carbonyl (C=O) groups is 2. The van der Waals surface area contributed by atoms with Crippen molar-refractivity contribution < 1.29 is 23.9 Å². The van der Waals surface area contributed by atoms with Crippen molar-refractivity contribution in [3.63, 3.8) is 0 Å². The molecule has 31 heavy (non-hydrogen) atoms. The highest BCUT2D eigenvalue weighted by Crippen LogP contribution is 2.62. The minimum Gasteiger partial charge on any atom is -0.497 e. The summed E-state index contributed by atoms with van der Waals surface area (Å²) in [6.07, 6.45) is 0.628. The predicted octanol–water partition coefficient (Wildman–Crippen LogP) is 2.88. The van der Waals surface area contributed by atoms with Crippen LogP contribution < -0.4 is 14.4 Å². The maximum Gasteiger partial charge on any atom is 0.238 e. The molecule has 0 spiro atoms. The third-order valence-corrected chi connectivity index (χ3v) is 7.39. The first kappa shape index (κ1) is 18.4. The van der Waals surface area contributed by atoms with Gasteiger partial charge in [-0.1, -0.05) is 23.4 Å². The largest absolute Gasteiger partial charge is 0.497 e. The second-order valence-corrected chi connectivity index (χ2v) is 8.60. The van der Waals surface area contributed by atoms with Gasteiger partial charge < -0.3 is 14.3 Å². The van der Waals surface area contributed by atoms with Gasteiger partial charge in [0.05, 0.1) is 37.5 Å². The zero-order valence-electron chi connectivity index (χ0n) is 17.2. The average molecular weight is 418 g/mol. The lowest BCUT2D eigenvalue weighted by atomic mass is 9.71. The Morgan fingerprint density at radius 3 is 2.39 bits per heavy atom. The van der Waals surface area contributed by atoms with Crippen LogP contribution >= 0.6 is 0 Å². The van der Waals surface area contributed by atoms with Gasteiger partial charge in [0.2, 0.25) is 11.8 Å². The summed E-state index contributed by atoms with van der Waals surface area (Å²) in [6, 6.07) is 14.8. The molecular weight excluding hydrogens is 396 g/mol. The van der Waals surface area contributed by atoms with Crippen LogP contribution in [-0.2, 0) is 14.4 Å². The van der Waals surface area contributed by atoms with E-state index in [1.54, 1.807) is 14.2 Å². The van der Waals surface area contributed by atoms with Crippen molar-refractivity contribution in [3.8, 4) is 11.5 Å². The van der Waals surface area contributed by atoms with Gasteiger partial charge >= 0.3 is 0 Å². The van der Waals surface area contributed by atoms with Gasteiger partial charge in [0.1, 0.15) is 17.6 Å². The highest BCUT2D eigenvalue weighted by molar-refractivity contribution is 6.23. The third-order valence-electron chi connectivity index (χ3n) is 7.39. The number of oxime groups is 1. The normalized spacial score (nSPS) is 32.6. The Hall–Kier alpha value is -3.35. The Morgan fingerprint density at radius 2 is 1.68 bits per heavy atom. The molecule has 2 bridgehead atoms. The molecule has 2 heterocycles. The van der Waals surface area contributed by atoms with E-state index in [1.165, 1.54) is 4.90 Å². The Kier molecular flexibility index (Phi) is 3.91. The molecule has 0 aromatic heterocycles. The second-order valence-electron chi connectivity index (χ2n) is 8.60. The standard InChI is InChI=1S/C24H22N2O5/c1-29-13-8-9-14(17(10-13)30-2)21-20-15-11-16(22(20)31-25-21)19-18(15)23(27)26(24(19)28)12-6-4-3-5-7-12/h3-10,15-16,18-20,22H,11H2,1-2H3/t15-,16-,18-,19-,20+,22-/m1/s1. The topological polar surface area (TPSA) is 77.4 Å². The minimum atomic E-state index is -0.328. The summed E-state index contributed by atoms with van der Waals surface area (Å²) in [7, 11) is 3.22. The van der Waals surface area contributed by atoms with E-state index in [2.05, 4.69) is 5.16 Å². The van der Waals surface area contributed by atoms with Crippen molar-refractivity contribution in [1.29, 1.82) is 0 Å². The van der Waals surface area contributed by atoms with Gasteiger partial charge in [-0.15, -0.1) is 0 Å². The summed E-state index contributed by atoms with van der Waals surface area (Å²) in [4.78, 5) is 33.9. The number of imide groups is 1. The Bertz CT molecular complexity index is 1110. The van der Waals surface area contributed by atoms with E-state index in [4.69, 9.17) is 14.3 Å². The number of anilines is 1. The molecular formula is C24H22N2O5. The maximum atomic E-state index is 13.4. The monoisotopic (exact) mass is 418 g/mol. The van der Waals surface area contributed by atoms with E-state index >= 15 is 0 Å². The van der Waals surface area contributed by atoms with Crippen LogP contribution in [-0.4, -0.2) is 37.8 Å². The molecule has 7 heteroatoms. The average Bonchev–Trinajstić information content (AvgIpc) is 3.54. The first-order valence-electron chi connectivity index (χ1n) is 10.5. The maximum absolute atomic E-state index is 13.4. The van der Waals surface area contributed by atoms with E-state index in [9.17, 15) is 9.59 Å². The van der Waals surface area contributed by atoms with Gasteiger partial charge in [0.25, 0.3) is 0 Å². The van der Waals surface area contributed by atoms with E-state index in [0.29, 0.717) is 17.2 Å². The van der Waals surface area contributed by atoms with Gasteiger partial charge in [-0.05, 0) is 36.6 Å². The molecule has 0 radical (unpaired) electrons. The van der Waals surface area contributed by atoms with E-state index in [1.807, 2.05) is 48.5 Å². The van der Waals surface area contributed by atoms with Crippen LogP contribution in [0.3, 0.4) is 0 Å². The molecule has 3 fully saturated rings. The van der Waals surface area contributed by atoms with Crippen molar-refractivity contribution >= 4 is 23.2 Å². The van der Waals surface area contributed by atoms with Crippen LogP contribution in [0.1, 0.15) is 12.0 Å². The first-order chi connectivity index (χ1) is 15.1. The van der Waals surface area contributed by atoms with Gasteiger partial charge in [0, 0.05) is 23.5 Å². The number of para-hydroxylation sites is 1. The van der Waals surface area contributed by atoms with Crippen molar-refractivity contribution in [2.45, 2.75) is 12.5 Å². The molecule has 2 saturated carbocycles. The van der Waals surface area contributed by atoms with Crippen molar-refractivity contribution in [2.24, 2.45) is 34.7 Å². The number of hydrogen-bond donors (Lipinski definition) is 0. The van der Waals surface area contributed by atoms with Crippen LogP contribution in [0.15, 0.2) is 53.7 Å². The van der Waals surface area contributed by atoms with Gasteiger partial charge in [-0.25, -0.2) is 0 Å². The van der Waals surface area contributed by atoms with Crippen LogP contribution in [0.2, 0.25) is 0 Å². The first-order valence-corrected chi connectivity index (χ1v) is 10.5. The molecule has 2 aliphatic carbocycles. The lowest BCUT2D eigenvalue weighted by Gasteiger charge is -2.30. The molecule has 7 nitrogen and oxygen atoms in total. The number of amides is 2. The van der Waals surface area contributed by atoms with Crippen LogP contribution in [0.5, 0.6) is 11.5 Å². The van der Waals surface area contributed by atoms with Crippen molar-refractivity contribution in [3.05, 3.63) is 54.1 Å². The number of benzene rings is 2. The number of carbonyl (C=O) groups excluding carboxylic acids is 2. The number of ether oxygens (including phenoxy) is 2. The molecule has 2 aliphatic heterocycles. The highest BCUT2D eigenvalue weighted by atomic mass is 16.6. The molecule has 0 N–H and O–H groups in total. The molecule has 2 aromatic carbocycles. The van der Waals surface area contributed by atoms with Crippen LogP contribution in [0.4, 0.5) is 5.69 Å². The Balaban J connectivity index is 1.36. The lowest BCUT2D eigenvalue weighted by molar-refractivity contribution is -0.125. The van der Waals surface area contributed by atoms with Crippen LogP contribution in [0.25, 0.3) is 0 Å². The molecule has 6 atom stereocenters. The Labute approximate surface area is 179 Å². The molecule has 6 rings (SSSR count). The number of nitrogens with zero attached hydrogens (tertiary/aromatic N) is 2. The SMILES string of the molecule is COc1ccc(C2=NO[C@@H]3[C@@H]4C[C@@H]([C@@H]23)[C@H]2C(=O)N(c3ccccc3)C(=O)[C@H]42)c(OC)c1. The van der Waals surface area contributed by atoms with Crippen molar-refractivity contribution in [2.75, 3.05) is 19.1 Å². The van der Waals surface area contributed by atoms with Gasteiger partial charge in [-0.3, -0.25) is 14.5 Å². The summed E-state index contributed by atoms with van der Waals surface area (Å²) in [5.41, 5.74) is 2.29. The van der Waals surface area contributed by atoms with E-state index in [0.717, 1.165) is 17.7 Å². The summed E-state index contributed by atoms with van der Waals surface area (Å²) in [5.74, 6) is 0.490. The van der Waals surface area contributed by atoms with E-state index in [-0.39, 0.29) is 47.5 Å². The fraction of sp³-hybridized carbons (Fsp3) is 0.375. The molecule has 1 saturated heterocycles. The number of hydrogen-bond acceptors (Lipinski definition) is 6. The summed E-state index contributed by atoms with van der Waals surface area (Å²) in [5, 5.41) is 4.41. The Morgan fingerprint density at radius 1 is 0.935 bits per heavy atom. The number of fused-ring (bicyclic) bond motifs is 8. The number of methoxy groups -OCH3 is 2. The van der Waals surface area contributed by atoms with Crippen LogP contribution in [0, 0.1) is 29.6 Å². The molecule has 158 valence electrons. The molecule has 2 aromatic rings. The predicted molar refractivity (Wildman–Crippen MR) is 112 cm³/mol. The lowest BCUT2D eigenvalue weighted by Crippen LogP contribution is -2.41. The molecule has 0 unspecified atom stereocenters. The summed E-state index contributed by atoms with van der Waals surface area (Å²) >= 11 is 0. The second kappa shape index (κ2) is 6.57.